The zero-order chi connectivity index (χ0) is 2.71. The van der Waals surface area contributed by atoms with E-state index in [1.54, 1.807) is 0 Å². The van der Waals surface area contributed by atoms with Crippen LogP contribution in [-0.4, -0.2) is 6.26 Å². The van der Waals surface area contributed by atoms with Gasteiger partial charge in [0.1, 0.15) is 0 Å². The Balaban J connectivity index is 0. The second-order valence-corrected chi connectivity index (χ2v) is 4.50. The predicted octanol–water partition coefficient (Wildman–Crippen LogP) is 1.23. The molecule has 0 saturated carbocycles. The molecule has 0 aliphatic rings. The molecule has 0 rings (SSSR count). The van der Waals surface area contributed by atoms with Crippen LogP contribution in [0.3, 0.4) is 0 Å². The molecule has 0 aliphatic carbocycles. The largest absolute Gasteiger partial charge is 0.147 e. The smallest absolute Gasteiger partial charge is 0.147 e. The molecule has 0 amide bonds. The topological polar surface area (TPSA) is 0 Å². The van der Waals surface area contributed by atoms with Gasteiger partial charge in [0.2, 0.25) is 0 Å². The normalized spacial score (nSPS) is 4.75. The minimum atomic E-state index is 0. The molecular weight excluding hydrogens is 145 g/mol. The number of halogens is 1. The van der Waals surface area contributed by atoms with Gasteiger partial charge in [0, 0.05) is 0 Å². The van der Waals surface area contributed by atoms with E-state index in [1.165, 1.54) is 17.1 Å². The van der Waals surface area contributed by atoms with Gasteiger partial charge < -0.3 is 0 Å². The first-order valence-corrected chi connectivity index (χ1v) is 5.72. The van der Waals surface area contributed by atoms with Crippen LogP contribution in [0.5, 0.6) is 0 Å². The van der Waals surface area contributed by atoms with E-state index >= 15 is 0 Å². The second-order valence-electron chi connectivity index (χ2n) is 0.289. The zero-order valence-corrected chi connectivity index (χ0v) is 7.12. The molecule has 0 fully saturated rings. The van der Waals surface area contributed by atoms with Crippen LogP contribution in [0.1, 0.15) is 0 Å². The van der Waals surface area contributed by atoms with E-state index < -0.39 is 0 Å². The van der Waals surface area contributed by atoms with Crippen LogP contribution >= 0.6 is 22.2 Å². The molecule has 0 aromatic rings. The van der Waals surface area contributed by atoms with Crippen molar-refractivity contribution in [2.24, 2.45) is 0 Å². The van der Waals surface area contributed by atoms with Gasteiger partial charge in [-0.15, -0.1) is 12.4 Å². The molecule has 23 valence electrons. The molecule has 0 bridgehead atoms. The fourth-order valence-corrected chi connectivity index (χ4v) is 0. The van der Waals surface area contributed by atoms with E-state index in [0.717, 1.165) is 0 Å². The Kier molecular flexibility index (Phi) is 19.9. The average molecular weight is 149 g/mol. The van der Waals surface area contributed by atoms with Gasteiger partial charge in [0.05, 0.1) is 0 Å². The third-order valence-corrected chi connectivity index (χ3v) is 0. The van der Waals surface area contributed by atoms with Crippen molar-refractivity contribution in [1.82, 2.24) is 0 Å². The second kappa shape index (κ2) is 8.86. The summed E-state index contributed by atoms with van der Waals surface area (Å²) in [7, 11) is 1.88. The summed E-state index contributed by atoms with van der Waals surface area (Å²) < 4.78 is 0. The maximum atomic E-state index is 2.10. The Labute approximate surface area is 45.7 Å². The van der Waals surface area contributed by atoms with E-state index in [9.17, 15) is 0 Å². The fourth-order valence-electron chi connectivity index (χ4n) is 0. The molecule has 4 heavy (non-hydrogen) atoms. The van der Waals surface area contributed by atoms with Crippen molar-refractivity contribution in [2.75, 3.05) is 6.26 Å². The molecule has 0 spiro atoms. The van der Waals surface area contributed by atoms with Crippen molar-refractivity contribution in [3.8, 4) is 0 Å². The number of rotatable bonds is 0. The number of hydrogen-bond acceptors (Lipinski definition) is 1. The van der Waals surface area contributed by atoms with Gasteiger partial charge in [-0.25, -0.2) is 0 Å². The summed E-state index contributed by atoms with van der Waals surface area (Å²) >= 11 is 1.36. The molecule has 0 saturated heterocycles. The molecule has 0 radical (unpaired) electrons. The quantitative estimate of drug-likeness (QED) is 0.466. The average Bonchev–Trinajstić information content (AvgIpc) is 0.918. The van der Waals surface area contributed by atoms with Crippen molar-refractivity contribution in [3.63, 3.8) is 0 Å². The van der Waals surface area contributed by atoms with Crippen LogP contribution in [0.4, 0.5) is 0 Å². The molecule has 3 heteroatoms. The molecule has 0 N–H and O–H groups in total. The van der Waals surface area contributed by atoms with Crippen LogP contribution in [-0.2, 0) is 17.1 Å². The van der Waals surface area contributed by atoms with E-state index in [2.05, 4.69) is 6.26 Å². The van der Waals surface area contributed by atoms with E-state index in [1.807, 2.05) is 9.75 Å². The van der Waals surface area contributed by atoms with Crippen LogP contribution in [0.2, 0.25) is 0 Å². The Morgan fingerprint density at radius 1 is 1.75 bits per heavy atom. The van der Waals surface area contributed by atoms with Crippen molar-refractivity contribution in [3.05, 3.63) is 0 Å². The number of hydrogen-bond donors (Lipinski definition) is 0. The molecule has 0 aromatic carbocycles. The van der Waals surface area contributed by atoms with Crippen LogP contribution in [0.15, 0.2) is 0 Å². The maximum absolute atomic E-state index is 2.10. The minimum absolute atomic E-state index is 0. The van der Waals surface area contributed by atoms with Gasteiger partial charge in [0.15, 0.2) is 0 Å². The minimum Gasteiger partial charge on any atom is -0.147 e. The SMILES string of the molecule is C[S][Zn].Cl. The maximum Gasteiger partial charge on any atom is -0.147 e. The van der Waals surface area contributed by atoms with E-state index in [0.29, 0.717) is 0 Å². The Morgan fingerprint density at radius 3 is 1.75 bits per heavy atom. The molecule has 0 aromatic heterocycles. The fraction of sp³-hybridized carbons (Fsp3) is 1.00. The van der Waals surface area contributed by atoms with Crippen LogP contribution in [0.25, 0.3) is 0 Å². The van der Waals surface area contributed by atoms with Gasteiger partial charge in [0.25, 0.3) is 0 Å². The van der Waals surface area contributed by atoms with Crippen molar-refractivity contribution >= 4 is 22.2 Å². The standard InChI is InChI=1S/CH4S.ClH.Zn/c1-2;;/h2H,1H3;1H;/q;;+1/p-1. The third-order valence-electron chi connectivity index (χ3n) is 0. The predicted molar refractivity (Wildman–Crippen MR) is 20.8 cm³/mol. The molecule has 0 nitrogen and oxygen atoms in total. The Hall–Kier alpha value is 1.26. The Morgan fingerprint density at radius 2 is 1.75 bits per heavy atom. The van der Waals surface area contributed by atoms with Crippen molar-refractivity contribution < 1.29 is 17.1 Å². The van der Waals surface area contributed by atoms with Crippen molar-refractivity contribution in [2.45, 2.75) is 0 Å². The molecule has 0 unspecified atom stereocenters. The summed E-state index contributed by atoms with van der Waals surface area (Å²) in [6.07, 6.45) is 2.10. The summed E-state index contributed by atoms with van der Waals surface area (Å²) in [5.74, 6) is 0. The van der Waals surface area contributed by atoms with Gasteiger partial charge >= 0.3 is 33.1 Å². The first-order chi connectivity index (χ1) is 1.41. The summed E-state index contributed by atoms with van der Waals surface area (Å²) in [4.78, 5) is 0. The summed E-state index contributed by atoms with van der Waals surface area (Å²) in [6, 6.07) is 0. The Bertz CT molecular complexity index is 8.00. The van der Waals surface area contributed by atoms with Gasteiger partial charge in [-0.2, -0.15) is 0 Å². The third kappa shape index (κ3) is 10.5. The zero-order valence-electron chi connectivity index (χ0n) is 2.52. The molecular formula is CH4ClSZn. The molecule has 0 atom stereocenters. The van der Waals surface area contributed by atoms with Gasteiger partial charge in [-0.3, -0.25) is 0 Å². The van der Waals surface area contributed by atoms with E-state index in [-0.39, 0.29) is 12.4 Å². The summed E-state index contributed by atoms with van der Waals surface area (Å²) in [5.41, 5.74) is 0. The first-order valence-electron chi connectivity index (χ1n) is 0.697. The van der Waals surface area contributed by atoms with Gasteiger partial charge in [-0.05, 0) is 0 Å². The summed E-state index contributed by atoms with van der Waals surface area (Å²) in [5, 5.41) is 0. The summed E-state index contributed by atoms with van der Waals surface area (Å²) in [6.45, 7) is 0. The first kappa shape index (κ1) is 8.98. The molecule has 0 aliphatic heterocycles. The van der Waals surface area contributed by atoms with E-state index in [4.69, 9.17) is 0 Å². The van der Waals surface area contributed by atoms with Crippen LogP contribution in [0, 0.1) is 0 Å². The van der Waals surface area contributed by atoms with Gasteiger partial charge in [-0.1, -0.05) is 0 Å². The van der Waals surface area contributed by atoms with Crippen molar-refractivity contribution in [1.29, 1.82) is 0 Å². The molecule has 0 heterocycles. The monoisotopic (exact) mass is 147 g/mol. The van der Waals surface area contributed by atoms with Crippen LogP contribution < -0.4 is 0 Å².